The van der Waals surface area contributed by atoms with Crippen molar-refractivity contribution < 1.29 is 13.6 Å². The second-order valence-corrected chi connectivity index (χ2v) is 5.52. The quantitative estimate of drug-likeness (QED) is 0.948. The van der Waals surface area contributed by atoms with Gasteiger partial charge in [0.15, 0.2) is 5.76 Å². The number of hydrogen-bond acceptors (Lipinski definition) is 3. The number of piperidine rings is 1. The van der Waals surface area contributed by atoms with Gasteiger partial charge in [-0.25, -0.2) is 4.39 Å². The van der Waals surface area contributed by atoms with E-state index in [1.807, 2.05) is 7.05 Å². The van der Waals surface area contributed by atoms with Gasteiger partial charge in [0, 0.05) is 19.1 Å². The summed E-state index contributed by atoms with van der Waals surface area (Å²) < 4.78 is 19.4. The predicted octanol–water partition coefficient (Wildman–Crippen LogP) is 2.91. The molecule has 0 bridgehead atoms. The lowest BCUT2D eigenvalue weighted by Gasteiger charge is -2.31. The third-order valence-corrected chi connectivity index (χ3v) is 4.07. The lowest BCUT2D eigenvalue weighted by molar-refractivity contribution is 0.0667. The molecular weight excluding hydrogens is 283 g/mol. The van der Waals surface area contributed by atoms with Gasteiger partial charge in [0.25, 0.3) is 5.91 Å². The molecule has 2 heterocycles. The van der Waals surface area contributed by atoms with Crippen LogP contribution in [0.2, 0.25) is 0 Å². The molecule has 0 radical (unpaired) electrons. The average molecular weight is 302 g/mol. The zero-order valence-electron chi connectivity index (χ0n) is 12.5. The van der Waals surface area contributed by atoms with Gasteiger partial charge in [0.05, 0.1) is 5.56 Å². The average Bonchev–Trinajstić information content (AvgIpc) is 3.04. The number of hydrogen-bond donors (Lipinski definition) is 1. The summed E-state index contributed by atoms with van der Waals surface area (Å²) in [5.74, 6) is 0.144. The first-order valence-corrected chi connectivity index (χ1v) is 7.50. The minimum absolute atomic E-state index is 0.137. The van der Waals surface area contributed by atoms with E-state index in [-0.39, 0.29) is 17.5 Å². The molecule has 0 aliphatic carbocycles. The van der Waals surface area contributed by atoms with E-state index in [0.717, 1.165) is 19.4 Å². The number of furan rings is 1. The summed E-state index contributed by atoms with van der Waals surface area (Å²) in [6.07, 6.45) is 2.04. The number of carbonyl (C=O) groups excluding carboxylic acids is 1. The molecule has 1 fully saturated rings. The van der Waals surface area contributed by atoms with Crippen LogP contribution >= 0.6 is 0 Å². The van der Waals surface area contributed by atoms with E-state index in [1.54, 1.807) is 35.2 Å². The topological polar surface area (TPSA) is 45.5 Å². The molecule has 2 aromatic rings. The Hall–Kier alpha value is -2.14. The molecule has 1 aliphatic rings. The fraction of sp³-hybridized carbons (Fsp3) is 0.353. The maximum Gasteiger partial charge on any atom is 0.289 e. The van der Waals surface area contributed by atoms with Crippen molar-refractivity contribution in [3.8, 4) is 11.3 Å². The number of amides is 1. The molecular formula is C17H19FN2O2. The Kier molecular flexibility index (Phi) is 4.24. The summed E-state index contributed by atoms with van der Waals surface area (Å²) in [6, 6.07) is 9.96. The van der Waals surface area contributed by atoms with E-state index >= 15 is 0 Å². The van der Waals surface area contributed by atoms with Crippen molar-refractivity contribution in [1.82, 2.24) is 10.2 Å². The monoisotopic (exact) mass is 302 g/mol. The van der Waals surface area contributed by atoms with E-state index in [2.05, 4.69) is 5.32 Å². The normalized spacial score (nSPS) is 18.5. The van der Waals surface area contributed by atoms with Crippen molar-refractivity contribution in [2.75, 3.05) is 20.1 Å². The number of carbonyl (C=O) groups is 1. The molecule has 0 saturated carbocycles. The molecule has 5 heteroatoms. The van der Waals surface area contributed by atoms with Crippen molar-refractivity contribution in [3.05, 3.63) is 48.0 Å². The molecule has 116 valence electrons. The van der Waals surface area contributed by atoms with Crippen molar-refractivity contribution in [2.45, 2.75) is 18.9 Å². The number of rotatable bonds is 3. The number of likely N-dealkylation sites (N-methyl/N-ethyl adjacent to an activating group) is 1. The third kappa shape index (κ3) is 2.90. The summed E-state index contributed by atoms with van der Waals surface area (Å²) in [4.78, 5) is 14.3. The molecule has 1 saturated heterocycles. The van der Waals surface area contributed by atoms with Crippen molar-refractivity contribution in [2.24, 2.45) is 0 Å². The van der Waals surface area contributed by atoms with Gasteiger partial charge in [0.1, 0.15) is 11.6 Å². The summed E-state index contributed by atoms with van der Waals surface area (Å²) in [5.41, 5.74) is 0.369. The van der Waals surface area contributed by atoms with Crippen molar-refractivity contribution >= 4 is 5.91 Å². The highest BCUT2D eigenvalue weighted by Gasteiger charge is 2.25. The van der Waals surface area contributed by atoms with Gasteiger partial charge < -0.3 is 14.6 Å². The van der Waals surface area contributed by atoms with E-state index < -0.39 is 0 Å². The highest BCUT2D eigenvalue weighted by Crippen LogP contribution is 2.25. The predicted molar refractivity (Wildman–Crippen MR) is 82.1 cm³/mol. The van der Waals surface area contributed by atoms with Crippen LogP contribution in [-0.2, 0) is 0 Å². The van der Waals surface area contributed by atoms with Gasteiger partial charge in [-0.05, 0) is 44.2 Å². The Morgan fingerprint density at radius 2 is 2.14 bits per heavy atom. The largest absolute Gasteiger partial charge is 0.451 e. The number of halogens is 1. The zero-order valence-corrected chi connectivity index (χ0v) is 12.5. The van der Waals surface area contributed by atoms with Crippen molar-refractivity contribution in [3.63, 3.8) is 0 Å². The number of nitrogens with one attached hydrogen (secondary N) is 1. The lowest BCUT2D eigenvalue weighted by Crippen LogP contribution is -2.46. The van der Waals surface area contributed by atoms with Crippen LogP contribution in [0, 0.1) is 5.82 Å². The molecule has 1 aromatic carbocycles. The Bertz CT molecular complexity index is 668. The molecule has 3 rings (SSSR count). The fourth-order valence-corrected chi connectivity index (χ4v) is 2.81. The van der Waals surface area contributed by atoms with Gasteiger partial charge in [-0.3, -0.25) is 4.79 Å². The first-order chi connectivity index (χ1) is 10.7. The summed E-state index contributed by atoms with van der Waals surface area (Å²) in [7, 11) is 1.90. The van der Waals surface area contributed by atoms with Gasteiger partial charge >= 0.3 is 0 Å². The number of likely N-dealkylation sites (tertiary alicyclic amines) is 1. The third-order valence-electron chi connectivity index (χ3n) is 4.07. The van der Waals surface area contributed by atoms with Crippen LogP contribution in [-0.4, -0.2) is 37.0 Å². The minimum Gasteiger partial charge on any atom is -0.451 e. The van der Waals surface area contributed by atoms with Crippen molar-refractivity contribution in [1.29, 1.82) is 0 Å². The first kappa shape index (κ1) is 14.8. The standard InChI is InChI=1S/C17H19FN2O2/c1-19-12-5-4-10-20(11-12)17(21)16-9-8-15(22-16)13-6-2-3-7-14(13)18/h2-3,6-9,12,19H,4-5,10-11H2,1H3/t12-/m1/s1. The maximum absolute atomic E-state index is 13.8. The molecule has 1 aliphatic heterocycles. The summed E-state index contributed by atoms with van der Waals surface area (Å²) in [6.45, 7) is 1.40. The Morgan fingerprint density at radius 1 is 1.32 bits per heavy atom. The molecule has 0 spiro atoms. The van der Waals surface area contributed by atoms with Gasteiger partial charge in [-0.1, -0.05) is 12.1 Å². The van der Waals surface area contributed by atoms with E-state index in [4.69, 9.17) is 4.42 Å². The van der Waals surface area contributed by atoms with Crippen LogP contribution in [0.3, 0.4) is 0 Å². The van der Waals surface area contributed by atoms with Gasteiger partial charge in [-0.2, -0.15) is 0 Å². The minimum atomic E-state index is -0.357. The molecule has 1 aromatic heterocycles. The molecule has 0 unspecified atom stereocenters. The van der Waals surface area contributed by atoms with E-state index in [0.29, 0.717) is 23.9 Å². The van der Waals surface area contributed by atoms with Gasteiger partial charge in [0.2, 0.25) is 0 Å². The second kappa shape index (κ2) is 6.32. The van der Waals surface area contributed by atoms with Crippen LogP contribution in [0.4, 0.5) is 4.39 Å². The molecule has 22 heavy (non-hydrogen) atoms. The molecule has 1 amide bonds. The van der Waals surface area contributed by atoms with E-state index in [9.17, 15) is 9.18 Å². The van der Waals surface area contributed by atoms with Crippen LogP contribution in [0.25, 0.3) is 11.3 Å². The highest BCUT2D eigenvalue weighted by molar-refractivity contribution is 5.92. The van der Waals surface area contributed by atoms with Crippen LogP contribution < -0.4 is 5.32 Å². The smallest absolute Gasteiger partial charge is 0.289 e. The Labute approximate surface area is 128 Å². The zero-order chi connectivity index (χ0) is 15.5. The summed E-state index contributed by atoms with van der Waals surface area (Å²) >= 11 is 0. The van der Waals surface area contributed by atoms with Gasteiger partial charge in [-0.15, -0.1) is 0 Å². The van der Waals surface area contributed by atoms with Crippen LogP contribution in [0.5, 0.6) is 0 Å². The Balaban J connectivity index is 1.79. The van der Waals surface area contributed by atoms with Crippen LogP contribution in [0.15, 0.2) is 40.8 Å². The Morgan fingerprint density at radius 3 is 2.91 bits per heavy atom. The fourth-order valence-electron chi connectivity index (χ4n) is 2.81. The van der Waals surface area contributed by atoms with E-state index in [1.165, 1.54) is 6.07 Å². The lowest BCUT2D eigenvalue weighted by atomic mass is 10.1. The second-order valence-electron chi connectivity index (χ2n) is 5.52. The number of nitrogens with zero attached hydrogens (tertiary/aromatic N) is 1. The summed E-state index contributed by atoms with van der Waals surface area (Å²) in [5, 5.41) is 3.20. The maximum atomic E-state index is 13.8. The first-order valence-electron chi connectivity index (χ1n) is 7.50. The van der Waals surface area contributed by atoms with Crippen LogP contribution in [0.1, 0.15) is 23.4 Å². The molecule has 4 nitrogen and oxygen atoms in total. The molecule has 1 N–H and O–H groups in total. The highest BCUT2D eigenvalue weighted by atomic mass is 19.1. The molecule has 1 atom stereocenters. The number of benzene rings is 1. The SMILES string of the molecule is CN[C@@H]1CCCN(C(=O)c2ccc(-c3ccccc3F)o2)C1.